The van der Waals surface area contributed by atoms with Crippen LogP contribution in [0.1, 0.15) is 31.9 Å². The first-order chi connectivity index (χ1) is 7.65. The van der Waals surface area contributed by atoms with E-state index in [2.05, 4.69) is 11.4 Å². The molecule has 0 fully saturated rings. The standard InChI is InChI=1S/C13H18FNO/c1-3-4-5-8-15-10(2)12-7-6-11(14)9-13(12)16/h3-4,6-7,9-10,15-16H,5,8H2,1-2H3/b4-3+. The molecule has 1 aromatic carbocycles. The SMILES string of the molecule is C/C=C/CCNC(C)c1ccc(F)cc1O. The number of aromatic hydroxyl groups is 1. The molecule has 0 spiro atoms. The summed E-state index contributed by atoms with van der Waals surface area (Å²) in [6.45, 7) is 4.76. The Kier molecular flexibility index (Phi) is 4.99. The summed E-state index contributed by atoms with van der Waals surface area (Å²) >= 11 is 0. The van der Waals surface area contributed by atoms with Gasteiger partial charge in [0.05, 0.1) is 0 Å². The van der Waals surface area contributed by atoms with Crippen LogP contribution in [0.4, 0.5) is 4.39 Å². The number of hydrogen-bond donors (Lipinski definition) is 2. The molecule has 0 amide bonds. The highest BCUT2D eigenvalue weighted by Crippen LogP contribution is 2.24. The van der Waals surface area contributed by atoms with Gasteiger partial charge in [0.1, 0.15) is 11.6 Å². The second-order valence-corrected chi connectivity index (χ2v) is 3.74. The number of phenolic OH excluding ortho intramolecular Hbond substituents is 1. The minimum absolute atomic E-state index is 0.00559. The van der Waals surface area contributed by atoms with E-state index in [4.69, 9.17) is 0 Å². The van der Waals surface area contributed by atoms with Crippen molar-refractivity contribution in [2.24, 2.45) is 0 Å². The molecule has 16 heavy (non-hydrogen) atoms. The number of nitrogens with one attached hydrogen (secondary N) is 1. The molecule has 0 bridgehead atoms. The van der Waals surface area contributed by atoms with Crippen molar-refractivity contribution in [3.05, 3.63) is 41.7 Å². The van der Waals surface area contributed by atoms with Crippen LogP contribution in [0.2, 0.25) is 0 Å². The van der Waals surface area contributed by atoms with E-state index in [-0.39, 0.29) is 11.8 Å². The summed E-state index contributed by atoms with van der Waals surface area (Å²) in [4.78, 5) is 0. The predicted octanol–water partition coefficient (Wildman–Crippen LogP) is 3.15. The zero-order valence-electron chi connectivity index (χ0n) is 9.70. The number of allylic oxidation sites excluding steroid dienone is 1. The highest BCUT2D eigenvalue weighted by atomic mass is 19.1. The van der Waals surface area contributed by atoms with Gasteiger partial charge in [0, 0.05) is 17.7 Å². The van der Waals surface area contributed by atoms with E-state index in [1.165, 1.54) is 6.07 Å². The van der Waals surface area contributed by atoms with Crippen molar-refractivity contribution < 1.29 is 9.50 Å². The van der Waals surface area contributed by atoms with Gasteiger partial charge in [-0.1, -0.05) is 18.2 Å². The lowest BCUT2D eigenvalue weighted by Crippen LogP contribution is -2.19. The van der Waals surface area contributed by atoms with Gasteiger partial charge in [0.25, 0.3) is 0 Å². The third-order valence-electron chi connectivity index (χ3n) is 2.46. The summed E-state index contributed by atoms with van der Waals surface area (Å²) in [7, 11) is 0. The molecule has 88 valence electrons. The summed E-state index contributed by atoms with van der Waals surface area (Å²) in [6.07, 6.45) is 5.02. The summed E-state index contributed by atoms with van der Waals surface area (Å²) < 4.78 is 12.8. The first-order valence-corrected chi connectivity index (χ1v) is 5.48. The first-order valence-electron chi connectivity index (χ1n) is 5.48. The lowest BCUT2D eigenvalue weighted by atomic mass is 10.1. The molecule has 2 nitrogen and oxygen atoms in total. The van der Waals surface area contributed by atoms with Gasteiger partial charge in [-0.15, -0.1) is 0 Å². The molecule has 0 heterocycles. The Hall–Kier alpha value is -1.35. The second kappa shape index (κ2) is 6.28. The van der Waals surface area contributed by atoms with Gasteiger partial charge in [-0.25, -0.2) is 4.39 Å². The van der Waals surface area contributed by atoms with Gasteiger partial charge < -0.3 is 10.4 Å². The molecule has 0 radical (unpaired) electrons. The monoisotopic (exact) mass is 223 g/mol. The molecule has 0 saturated carbocycles. The number of hydrogen-bond acceptors (Lipinski definition) is 2. The van der Waals surface area contributed by atoms with Crippen LogP contribution in [0.25, 0.3) is 0 Å². The van der Waals surface area contributed by atoms with E-state index >= 15 is 0 Å². The molecule has 1 atom stereocenters. The van der Waals surface area contributed by atoms with Gasteiger partial charge in [0.2, 0.25) is 0 Å². The molecule has 0 aliphatic rings. The zero-order chi connectivity index (χ0) is 12.0. The minimum Gasteiger partial charge on any atom is -0.508 e. The quantitative estimate of drug-likeness (QED) is 0.593. The lowest BCUT2D eigenvalue weighted by Gasteiger charge is -2.14. The second-order valence-electron chi connectivity index (χ2n) is 3.74. The maximum absolute atomic E-state index is 12.8. The van der Waals surface area contributed by atoms with Crippen LogP contribution in [-0.4, -0.2) is 11.7 Å². The molecule has 0 aliphatic heterocycles. The maximum atomic E-state index is 12.8. The van der Waals surface area contributed by atoms with Crippen molar-refractivity contribution in [2.75, 3.05) is 6.54 Å². The minimum atomic E-state index is -0.414. The van der Waals surface area contributed by atoms with Gasteiger partial charge >= 0.3 is 0 Å². The number of halogens is 1. The summed E-state index contributed by atoms with van der Waals surface area (Å²) in [6, 6.07) is 4.13. The van der Waals surface area contributed by atoms with Crippen LogP contribution >= 0.6 is 0 Å². The van der Waals surface area contributed by atoms with E-state index in [1.54, 1.807) is 6.07 Å². The fourth-order valence-corrected chi connectivity index (χ4v) is 1.54. The molecule has 1 unspecified atom stereocenters. The van der Waals surface area contributed by atoms with Crippen LogP contribution in [0.3, 0.4) is 0 Å². The Labute approximate surface area is 95.8 Å². The molecule has 1 rings (SSSR count). The zero-order valence-corrected chi connectivity index (χ0v) is 9.70. The van der Waals surface area contributed by atoms with Crippen molar-refractivity contribution in [3.63, 3.8) is 0 Å². The predicted molar refractivity (Wildman–Crippen MR) is 63.9 cm³/mol. The van der Waals surface area contributed by atoms with E-state index < -0.39 is 5.82 Å². The van der Waals surface area contributed by atoms with Crippen LogP contribution in [0.15, 0.2) is 30.4 Å². The summed E-state index contributed by atoms with van der Waals surface area (Å²) in [5.41, 5.74) is 0.724. The molecule has 0 saturated heterocycles. The number of rotatable bonds is 5. The van der Waals surface area contributed by atoms with Gasteiger partial charge in [-0.05, 0) is 32.9 Å². The largest absolute Gasteiger partial charge is 0.508 e. The fourth-order valence-electron chi connectivity index (χ4n) is 1.54. The Balaban J connectivity index is 2.55. The number of phenols is 1. The molecule has 1 aromatic rings. The normalized spacial score (nSPS) is 13.2. The highest BCUT2D eigenvalue weighted by Gasteiger charge is 2.09. The van der Waals surface area contributed by atoms with Crippen molar-refractivity contribution >= 4 is 0 Å². The van der Waals surface area contributed by atoms with E-state index in [0.29, 0.717) is 0 Å². The van der Waals surface area contributed by atoms with E-state index in [9.17, 15) is 9.50 Å². The summed E-state index contributed by atoms with van der Waals surface area (Å²) in [5.74, 6) is -0.409. The van der Waals surface area contributed by atoms with Crippen LogP contribution < -0.4 is 5.32 Å². The molecule has 2 N–H and O–H groups in total. The highest BCUT2D eigenvalue weighted by molar-refractivity contribution is 5.34. The van der Waals surface area contributed by atoms with Crippen molar-refractivity contribution in [1.29, 1.82) is 0 Å². The molecular weight excluding hydrogens is 205 g/mol. The third kappa shape index (κ3) is 3.66. The first kappa shape index (κ1) is 12.7. The van der Waals surface area contributed by atoms with Crippen molar-refractivity contribution in [3.8, 4) is 5.75 Å². The third-order valence-corrected chi connectivity index (χ3v) is 2.46. The average molecular weight is 223 g/mol. The topological polar surface area (TPSA) is 32.3 Å². The van der Waals surface area contributed by atoms with Crippen LogP contribution in [-0.2, 0) is 0 Å². The molecule has 0 aliphatic carbocycles. The Morgan fingerprint density at radius 2 is 2.25 bits per heavy atom. The summed E-state index contributed by atoms with van der Waals surface area (Å²) in [5, 5.41) is 12.8. The lowest BCUT2D eigenvalue weighted by molar-refractivity contribution is 0.448. The van der Waals surface area contributed by atoms with Crippen molar-refractivity contribution in [1.82, 2.24) is 5.32 Å². The van der Waals surface area contributed by atoms with Gasteiger partial charge in [-0.2, -0.15) is 0 Å². The average Bonchev–Trinajstić information content (AvgIpc) is 2.24. The fraction of sp³-hybridized carbons (Fsp3) is 0.385. The van der Waals surface area contributed by atoms with Crippen LogP contribution in [0, 0.1) is 5.82 Å². The van der Waals surface area contributed by atoms with E-state index in [1.807, 2.05) is 19.9 Å². The van der Waals surface area contributed by atoms with Gasteiger partial charge in [0.15, 0.2) is 0 Å². The molecular formula is C13H18FNO. The molecule has 3 heteroatoms. The maximum Gasteiger partial charge on any atom is 0.126 e. The Morgan fingerprint density at radius 1 is 1.50 bits per heavy atom. The van der Waals surface area contributed by atoms with Gasteiger partial charge in [-0.3, -0.25) is 0 Å². The van der Waals surface area contributed by atoms with E-state index in [0.717, 1.165) is 24.6 Å². The smallest absolute Gasteiger partial charge is 0.126 e. The molecule has 0 aromatic heterocycles. The van der Waals surface area contributed by atoms with Crippen LogP contribution in [0.5, 0.6) is 5.75 Å². The van der Waals surface area contributed by atoms with Crippen molar-refractivity contribution in [2.45, 2.75) is 26.3 Å². The Bertz CT molecular complexity index is 363. The Morgan fingerprint density at radius 3 is 2.88 bits per heavy atom. The number of benzene rings is 1.